The van der Waals surface area contributed by atoms with Crippen LogP contribution in [0, 0.1) is 19.7 Å². The van der Waals surface area contributed by atoms with Gasteiger partial charge >= 0.3 is 0 Å². The van der Waals surface area contributed by atoms with Crippen LogP contribution in [-0.4, -0.2) is 51.3 Å². The Balaban J connectivity index is 1.48. The van der Waals surface area contributed by atoms with Gasteiger partial charge in [0.05, 0.1) is 12.6 Å². The number of rotatable bonds is 7. The van der Waals surface area contributed by atoms with Crippen molar-refractivity contribution in [2.75, 3.05) is 31.1 Å². The Morgan fingerprint density at radius 1 is 1.00 bits per heavy atom. The van der Waals surface area contributed by atoms with E-state index in [2.05, 4.69) is 64.3 Å². The van der Waals surface area contributed by atoms with Crippen molar-refractivity contribution in [1.82, 2.24) is 25.1 Å². The smallest absolute Gasteiger partial charge is 0.168 e. The molecule has 0 saturated carbocycles. The first kappa shape index (κ1) is 21.4. The number of piperazine rings is 1. The summed E-state index contributed by atoms with van der Waals surface area (Å²) in [5.74, 6) is 0.664. The Hall–Kier alpha value is -2.80. The molecule has 3 aromatic rings. The number of benzene rings is 2. The summed E-state index contributed by atoms with van der Waals surface area (Å²) in [6.45, 7) is 11.1. The minimum atomic E-state index is -0.230. The van der Waals surface area contributed by atoms with E-state index in [0.29, 0.717) is 6.54 Å². The molecular weight excluding hydrogens is 391 g/mol. The molecule has 0 radical (unpaired) electrons. The van der Waals surface area contributed by atoms with Gasteiger partial charge < -0.3 is 4.90 Å². The van der Waals surface area contributed by atoms with E-state index < -0.39 is 0 Å². The molecule has 0 spiro atoms. The third-order valence-corrected chi connectivity index (χ3v) is 6.34. The molecule has 1 atom stereocenters. The predicted octanol–water partition coefficient (Wildman–Crippen LogP) is 4.14. The van der Waals surface area contributed by atoms with Gasteiger partial charge in [0.25, 0.3) is 0 Å². The number of aryl methyl sites for hydroxylation is 1. The van der Waals surface area contributed by atoms with Gasteiger partial charge in [0.15, 0.2) is 5.82 Å². The van der Waals surface area contributed by atoms with Gasteiger partial charge in [0, 0.05) is 31.9 Å². The second kappa shape index (κ2) is 9.56. The fourth-order valence-electron chi connectivity index (χ4n) is 4.43. The minimum Gasteiger partial charge on any atom is -0.369 e. The van der Waals surface area contributed by atoms with E-state index in [1.54, 1.807) is 12.1 Å². The molecule has 0 bridgehead atoms. The lowest BCUT2D eigenvalue weighted by atomic mass is 10.1. The molecule has 31 heavy (non-hydrogen) atoms. The molecule has 1 fully saturated rings. The quantitative estimate of drug-likeness (QED) is 0.573. The molecule has 2 aromatic carbocycles. The number of hydrogen-bond acceptors (Lipinski definition) is 5. The normalized spacial score (nSPS) is 15.9. The van der Waals surface area contributed by atoms with Gasteiger partial charge in [-0.3, -0.25) is 4.90 Å². The molecular formula is C24H31FN6. The number of anilines is 1. The number of nitrogens with zero attached hydrogens (tertiary/aromatic N) is 6. The van der Waals surface area contributed by atoms with Crippen LogP contribution in [0.1, 0.15) is 48.3 Å². The van der Waals surface area contributed by atoms with Crippen molar-refractivity contribution in [1.29, 1.82) is 0 Å². The monoisotopic (exact) mass is 422 g/mol. The molecule has 1 saturated heterocycles. The Morgan fingerprint density at radius 3 is 2.45 bits per heavy atom. The van der Waals surface area contributed by atoms with Crippen molar-refractivity contribution in [3.05, 3.63) is 70.8 Å². The topological polar surface area (TPSA) is 50.1 Å². The largest absolute Gasteiger partial charge is 0.369 e. The average molecular weight is 423 g/mol. The molecule has 1 unspecified atom stereocenters. The molecule has 0 aliphatic carbocycles. The maximum Gasteiger partial charge on any atom is 0.168 e. The zero-order valence-corrected chi connectivity index (χ0v) is 18.6. The predicted molar refractivity (Wildman–Crippen MR) is 121 cm³/mol. The highest BCUT2D eigenvalue weighted by atomic mass is 19.1. The summed E-state index contributed by atoms with van der Waals surface area (Å²) in [7, 11) is 0. The van der Waals surface area contributed by atoms with E-state index >= 15 is 0 Å². The van der Waals surface area contributed by atoms with Gasteiger partial charge in [-0.25, -0.2) is 9.07 Å². The van der Waals surface area contributed by atoms with Gasteiger partial charge in [0.1, 0.15) is 5.82 Å². The molecule has 1 aromatic heterocycles. The second-order valence-electron chi connectivity index (χ2n) is 8.37. The zero-order chi connectivity index (χ0) is 21.8. The van der Waals surface area contributed by atoms with E-state index in [1.807, 2.05) is 4.68 Å². The van der Waals surface area contributed by atoms with E-state index in [4.69, 9.17) is 0 Å². The van der Waals surface area contributed by atoms with E-state index in [0.717, 1.165) is 50.4 Å². The zero-order valence-electron chi connectivity index (χ0n) is 18.6. The van der Waals surface area contributed by atoms with Crippen molar-refractivity contribution in [2.24, 2.45) is 0 Å². The van der Waals surface area contributed by atoms with Gasteiger partial charge in [-0.1, -0.05) is 37.6 Å². The molecule has 0 amide bonds. The van der Waals surface area contributed by atoms with Crippen molar-refractivity contribution in [2.45, 2.75) is 46.2 Å². The first-order valence-electron chi connectivity index (χ1n) is 11.1. The molecule has 0 N–H and O–H groups in total. The fourth-order valence-corrected chi connectivity index (χ4v) is 4.43. The van der Waals surface area contributed by atoms with Crippen molar-refractivity contribution >= 4 is 5.69 Å². The van der Waals surface area contributed by atoms with Crippen molar-refractivity contribution in [3.63, 3.8) is 0 Å². The summed E-state index contributed by atoms with van der Waals surface area (Å²) in [6.07, 6.45) is 2.07. The van der Waals surface area contributed by atoms with Crippen LogP contribution < -0.4 is 4.90 Å². The summed E-state index contributed by atoms with van der Waals surface area (Å²) in [6, 6.07) is 13.3. The molecule has 1 aliphatic rings. The van der Waals surface area contributed by atoms with Crippen LogP contribution in [0.2, 0.25) is 0 Å². The first-order chi connectivity index (χ1) is 15.1. The number of hydrogen-bond donors (Lipinski definition) is 0. The fraction of sp³-hybridized carbons (Fsp3) is 0.458. The molecule has 164 valence electrons. The molecule has 6 nitrogen and oxygen atoms in total. The van der Waals surface area contributed by atoms with Crippen LogP contribution in [0.3, 0.4) is 0 Å². The van der Waals surface area contributed by atoms with Gasteiger partial charge in [-0.05, 0) is 65.6 Å². The SMILES string of the molecule is CCCC(c1nnnn1Cc1ccc(F)cc1)N1CCN(c2cccc(C)c2C)CC1. The molecule has 1 aliphatic heterocycles. The maximum atomic E-state index is 13.3. The highest BCUT2D eigenvalue weighted by Gasteiger charge is 2.29. The van der Waals surface area contributed by atoms with Gasteiger partial charge in [0.2, 0.25) is 0 Å². The van der Waals surface area contributed by atoms with Crippen LogP contribution >= 0.6 is 0 Å². The van der Waals surface area contributed by atoms with Crippen LogP contribution in [0.15, 0.2) is 42.5 Å². The third-order valence-electron chi connectivity index (χ3n) is 6.34. The van der Waals surface area contributed by atoms with Crippen LogP contribution in [-0.2, 0) is 6.54 Å². The van der Waals surface area contributed by atoms with Crippen LogP contribution in [0.5, 0.6) is 0 Å². The standard InChI is InChI=1S/C24H31FN6/c1-4-6-23(24-26-27-28-31(24)17-20-9-11-21(25)12-10-20)30-15-13-29(14-16-30)22-8-5-7-18(2)19(22)3/h5,7-12,23H,4,6,13-17H2,1-3H3. The van der Waals surface area contributed by atoms with Crippen molar-refractivity contribution in [3.8, 4) is 0 Å². The maximum absolute atomic E-state index is 13.3. The summed E-state index contributed by atoms with van der Waals surface area (Å²) in [4.78, 5) is 5.00. The molecule has 2 heterocycles. The Kier molecular flexibility index (Phi) is 6.61. The first-order valence-corrected chi connectivity index (χ1v) is 11.1. The highest BCUT2D eigenvalue weighted by molar-refractivity contribution is 5.56. The van der Waals surface area contributed by atoms with Crippen LogP contribution in [0.4, 0.5) is 10.1 Å². The number of halogens is 1. The lowest BCUT2D eigenvalue weighted by Gasteiger charge is -2.40. The minimum absolute atomic E-state index is 0.182. The number of tetrazole rings is 1. The average Bonchev–Trinajstić information content (AvgIpc) is 3.23. The Morgan fingerprint density at radius 2 is 1.74 bits per heavy atom. The van der Waals surface area contributed by atoms with Gasteiger partial charge in [-0.15, -0.1) is 5.10 Å². The molecule has 7 heteroatoms. The number of aromatic nitrogens is 4. The Bertz CT molecular complexity index is 992. The van der Waals surface area contributed by atoms with E-state index in [1.165, 1.54) is 28.9 Å². The molecule has 4 rings (SSSR count). The van der Waals surface area contributed by atoms with Crippen LogP contribution in [0.25, 0.3) is 0 Å². The summed E-state index contributed by atoms with van der Waals surface area (Å²) in [5.41, 5.74) is 5.03. The Labute approximate surface area is 183 Å². The second-order valence-corrected chi connectivity index (χ2v) is 8.37. The summed E-state index contributed by atoms with van der Waals surface area (Å²) in [5, 5.41) is 12.6. The van der Waals surface area contributed by atoms with Gasteiger partial charge in [-0.2, -0.15) is 0 Å². The highest BCUT2D eigenvalue weighted by Crippen LogP contribution is 2.29. The lowest BCUT2D eigenvalue weighted by Crippen LogP contribution is -2.48. The summed E-state index contributed by atoms with van der Waals surface area (Å²) < 4.78 is 15.1. The third kappa shape index (κ3) is 4.77. The van der Waals surface area contributed by atoms with E-state index in [-0.39, 0.29) is 11.9 Å². The van der Waals surface area contributed by atoms with E-state index in [9.17, 15) is 4.39 Å². The lowest BCUT2D eigenvalue weighted by molar-refractivity contribution is 0.164. The summed E-state index contributed by atoms with van der Waals surface area (Å²) >= 11 is 0. The van der Waals surface area contributed by atoms with Crippen molar-refractivity contribution < 1.29 is 4.39 Å².